The fourth-order valence-corrected chi connectivity index (χ4v) is 3.27. The SMILES string of the molecule is CCCCO[C@@H]([C@H](CN(Cc1ccccc1)OC=O)OCCCC)[C@@H](CO)OCCCC. The highest BCUT2D eigenvalue weighted by Crippen LogP contribution is 2.18. The summed E-state index contributed by atoms with van der Waals surface area (Å²) < 4.78 is 18.4. The van der Waals surface area contributed by atoms with Gasteiger partial charge in [-0.05, 0) is 24.8 Å². The lowest BCUT2D eigenvalue weighted by Crippen LogP contribution is -2.50. The Hall–Kier alpha value is -1.51. The molecule has 3 atom stereocenters. The average molecular weight is 454 g/mol. The summed E-state index contributed by atoms with van der Waals surface area (Å²) in [6.07, 6.45) is 4.32. The van der Waals surface area contributed by atoms with Gasteiger partial charge < -0.3 is 24.2 Å². The van der Waals surface area contributed by atoms with Gasteiger partial charge in [-0.25, -0.2) is 0 Å². The van der Waals surface area contributed by atoms with Crippen molar-refractivity contribution in [2.24, 2.45) is 0 Å². The van der Waals surface area contributed by atoms with E-state index in [-0.39, 0.29) is 6.61 Å². The number of aliphatic hydroxyl groups is 1. The van der Waals surface area contributed by atoms with Crippen molar-refractivity contribution >= 4 is 6.47 Å². The summed E-state index contributed by atoms with van der Waals surface area (Å²) in [4.78, 5) is 16.5. The minimum atomic E-state index is -0.514. The van der Waals surface area contributed by atoms with Crippen LogP contribution in [0.5, 0.6) is 0 Å². The highest BCUT2D eigenvalue weighted by molar-refractivity contribution is 5.36. The molecule has 1 aromatic carbocycles. The van der Waals surface area contributed by atoms with Crippen molar-refractivity contribution < 1.29 is 28.9 Å². The monoisotopic (exact) mass is 453 g/mol. The van der Waals surface area contributed by atoms with Crippen LogP contribution in [0.1, 0.15) is 64.9 Å². The van der Waals surface area contributed by atoms with Crippen molar-refractivity contribution in [1.29, 1.82) is 0 Å². The third-order valence-corrected chi connectivity index (χ3v) is 5.16. The number of carbonyl (C=O) groups is 1. The maximum absolute atomic E-state index is 11.2. The summed E-state index contributed by atoms with van der Waals surface area (Å²) in [6, 6.07) is 9.80. The second-order valence-electron chi connectivity index (χ2n) is 7.91. The van der Waals surface area contributed by atoms with Gasteiger partial charge in [0.25, 0.3) is 0 Å². The van der Waals surface area contributed by atoms with E-state index in [0.717, 1.165) is 44.1 Å². The summed E-state index contributed by atoms with van der Waals surface area (Å²) in [5.41, 5.74) is 1.02. The molecule has 184 valence electrons. The molecule has 0 aliphatic heterocycles. The van der Waals surface area contributed by atoms with Gasteiger partial charge in [0.05, 0.1) is 19.7 Å². The van der Waals surface area contributed by atoms with Gasteiger partial charge >= 0.3 is 6.47 Å². The molecule has 0 aromatic heterocycles. The number of benzene rings is 1. The minimum Gasteiger partial charge on any atom is -0.394 e. The van der Waals surface area contributed by atoms with Crippen LogP contribution in [0.3, 0.4) is 0 Å². The van der Waals surface area contributed by atoms with Crippen LogP contribution in [0.25, 0.3) is 0 Å². The Bertz CT molecular complexity index is 559. The van der Waals surface area contributed by atoms with Gasteiger partial charge in [-0.2, -0.15) is 0 Å². The Morgan fingerprint density at radius 3 is 1.97 bits per heavy atom. The van der Waals surface area contributed by atoms with Crippen molar-refractivity contribution in [3.63, 3.8) is 0 Å². The number of hydroxylamine groups is 2. The van der Waals surface area contributed by atoms with Gasteiger partial charge in [-0.3, -0.25) is 4.79 Å². The van der Waals surface area contributed by atoms with Gasteiger partial charge in [-0.15, -0.1) is 5.06 Å². The zero-order valence-corrected chi connectivity index (χ0v) is 20.1. The molecule has 0 amide bonds. The van der Waals surface area contributed by atoms with E-state index in [1.165, 1.54) is 0 Å². The van der Waals surface area contributed by atoms with Gasteiger partial charge in [-0.1, -0.05) is 70.4 Å². The van der Waals surface area contributed by atoms with Gasteiger partial charge in [0, 0.05) is 19.8 Å². The number of aliphatic hydroxyl groups excluding tert-OH is 1. The van der Waals surface area contributed by atoms with E-state index in [2.05, 4.69) is 20.8 Å². The van der Waals surface area contributed by atoms with Gasteiger partial charge in [0.2, 0.25) is 0 Å². The highest BCUT2D eigenvalue weighted by Gasteiger charge is 2.33. The lowest BCUT2D eigenvalue weighted by atomic mass is 10.1. The summed E-state index contributed by atoms with van der Waals surface area (Å²) >= 11 is 0. The molecule has 1 N–H and O–H groups in total. The maximum Gasteiger partial charge on any atom is 0.313 e. The maximum atomic E-state index is 11.2. The normalized spacial score (nSPS) is 14.3. The number of carbonyl (C=O) groups excluding carboxylic acids is 1. The first-order chi connectivity index (χ1) is 15.7. The number of unbranched alkanes of at least 4 members (excludes halogenated alkanes) is 3. The summed E-state index contributed by atoms with van der Waals surface area (Å²) in [6.45, 7) is 8.97. The quantitative estimate of drug-likeness (QED) is 0.170. The molecule has 0 fully saturated rings. The average Bonchev–Trinajstić information content (AvgIpc) is 2.81. The zero-order chi connectivity index (χ0) is 23.4. The van der Waals surface area contributed by atoms with Crippen LogP contribution >= 0.6 is 0 Å². The van der Waals surface area contributed by atoms with Crippen molar-refractivity contribution in [3.05, 3.63) is 35.9 Å². The number of nitrogens with zero attached hydrogens (tertiary/aromatic N) is 1. The molecule has 1 rings (SSSR count). The fraction of sp³-hybridized carbons (Fsp3) is 0.720. The molecule has 0 heterocycles. The molecule has 0 unspecified atom stereocenters. The zero-order valence-electron chi connectivity index (χ0n) is 20.1. The van der Waals surface area contributed by atoms with Crippen LogP contribution in [-0.2, 0) is 30.4 Å². The van der Waals surface area contributed by atoms with Crippen LogP contribution in [0.2, 0.25) is 0 Å². The third kappa shape index (κ3) is 11.9. The summed E-state index contributed by atoms with van der Waals surface area (Å²) in [5.74, 6) is 0. The second-order valence-corrected chi connectivity index (χ2v) is 7.91. The molecule has 0 spiro atoms. The fourth-order valence-electron chi connectivity index (χ4n) is 3.27. The van der Waals surface area contributed by atoms with E-state index in [1.807, 2.05) is 30.3 Å². The Kier molecular flexibility index (Phi) is 16.9. The Morgan fingerprint density at radius 2 is 1.44 bits per heavy atom. The van der Waals surface area contributed by atoms with Gasteiger partial charge in [0.15, 0.2) is 0 Å². The van der Waals surface area contributed by atoms with Gasteiger partial charge in [0.1, 0.15) is 18.3 Å². The molecule has 0 saturated carbocycles. The highest BCUT2D eigenvalue weighted by atomic mass is 16.7. The molecule has 0 aliphatic carbocycles. The van der Waals surface area contributed by atoms with E-state index in [0.29, 0.717) is 39.4 Å². The number of ether oxygens (including phenoxy) is 3. The second kappa shape index (κ2) is 19.0. The van der Waals surface area contributed by atoms with E-state index < -0.39 is 18.3 Å². The van der Waals surface area contributed by atoms with Crippen molar-refractivity contribution in [3.8, 4) is 0 Å². The molecule has 0 saturated heterocycles. The largest absolute Gasteiger partial charge is 0.394 e. The minimum absolute atomic E-state index is 0.165. The standard InChI is InChI=1S/C25H43NO6/c1-4-7-15-29-23(19-26(32-21-28)18-22-13-11-10-12-14-22)25(31-17-9-6-3)24(20-27)30-16-8-5-2/h10-14,21,23-25,27H,4-9,15-20H2,1-3H3/t23-,24+,25-/m0/s1. The first-order valence-corrected chi connectivity index (χ1v) is 12.0. The van der Waals surface area contributed by atoms with Crippen LogP contribution in [0.15, 0.2) is 30.3 Å². The third-order valence-electron chi connectivity index (χ3n) is 5.16. The number of hydrogen-bond donors (Lipinski definition) is 1. The molecule has 7 heteroatoms. The smallest absolute Gasteiger partial charge is 0.313 e. The van der Waals surface area contributed by atoms with Crippen molar-refractivity contribution in [2.75, 3.05) is 33.0 Å². The predicted molar refractivity (Wildman–Crippen MR) is 125 cm³/mol. The first kappa shape index (κ1) is 28.5. The van der Waals surface area contributed by atoms with Crippen molar-refractivity contribution in [2.45, 2.75) is 84.2 Å². The number of hydrogen-bond acceptors (Lipinski definition) is 7. The van der Waals surface area contributed by atoms with Crippen LogP contribution in [0, 0.1) is 0 Å². The number of rotatable bonds is 21. The molecular weight excluding hydrogens is 410 g/mol. The molecular formula is C25H43NO6. The van der Waals surface area contributed by atoms with E-state index in [1.54, 1.807) is 5.06 Å². The predicted octanol–water partition coefficient (Wildman–Crippen LogP) is 4.12. The summed E-state index contributed by atoms with van der Waals surface area (Å²) in [5, 5.41) is 11.7. The lowest BCUT2D eigenvalue weighted by molar-refractivity contribution is -0.204. The Balaban J connectivity index is 3.03. The lowest BCUT2D eigenvalue weighted by Gasteiger charge is -2.35. The summed E-state index contributed by atoms with van der Waals surface area (Å²) in [7, 11) is 0. The molecule has 7 nitrogen and oxygen atoms in total. The Labute approximate surface area is 193 Å². The molecule has 0 aliphatic rings. The molecule has 0 radical (unpaired) electrons. The molecule has 1 aromatic rings. The topological polar surface area (TPSA) is 77.5 Å². The van der Waals surface area contributed by atoms with Crippen LogP contribution in [-0.4, -0.2) is 67.9 Å². The van der Waals surface area contributed by atoms with Crippen LogP contribution < -0.4 is 0 Å². The molecule has 32 heavy (non-hydrogen) atoms. The molecule has 0 bridgehead atoms. The van der Waals surface area contributed by atoms with Crippen molar-refractivity contribution in [1.82, 2.24) is 5.06 Å². The first-order valence-electron chi connectivity index (χ1n) is 12.0. The van der Waals surface area contributed by atoms with E-state index in [9.17, 15) is 9.90 Å². The van der Waals surface area contributed by atoms with E-state index in [4.69, 9.17) is 19.0 Å². The Morgan fingerprint density at radius 1 is 0.875 bits per heavy atom. The van der Waals surface area contributed by atoms with E-state index >= 15 is 0 Å². The van der Waals surface area contributed by atoms with Crippen LogP contribution in [0.4, 0.5) is 0 Å².